The summed E-state index contributed by atoms with van der Waals surface area (Å²) in [7, 11) is 1.87. The molecule has 25 heavy (non-hydrogen) atoms. The average molecular weight is 338 g/mol. The number of amides is 1. The van der Waals surface area contributed by atoms with Gasteiger partial charge < -0.3 is 9.47 Å². The summed E-state index contributed by atoms with van der Waals surface area (Å²) in [5, 5.41) is 0.672. The van der Waals surface area contributed by atoms with Crippen molar-refractivity contribution in [3.63, 3.8) is 0 Å². The minimum Gasteiger partial charge on any atom is -0.350 e. The van der Waals surface area contributed by atoms with Crippen LogP contribution in [-0.4, -0.2) is 38.4 Å². The van der Waals surface area contributed by atoms with E-state index in [9.17, 15) is 9.18 Å². The van der Waals surface area contributed by atoms with E-state index in [0.717, 1.165) is 24.1 Å². The summed E-state index contributed by atoms with van der Waals surface area (Å²) < 4.78 is 15.5. The van der Waals surface area contributed by atoms with Crippen molar-refractivity contribution in [3.05, 3.63) is 60.1 Å². The van der Waals surface area contributed by atoms with Gasteiger partial charge in [0.05, 0.1) is 5.56 Å². The van der Waals surface area contributed by atoms with Gasteiger partial charge in [-0.1, -0.05) is 0 Å². The molecule has 0 saturated carbocycles. The van der Waals surface area contributed by atoms with Crippen molar-refractivity contribution in [2.75, 3.05) is 13.1 Å². The number of fused-ring (bicyclic) bond motifs is 1. The number of likely N-dealkylation sites (tertiary alicyclic amines) is 1. The Balaban J connectivity index is 1.54. The van der Waals surface area contributed by atoms with E-state index in [1.807, 2.05) is 22.6 Å². The number of piperidine rings is 1. The predicted molar refractivity (Wildman–Crippen MR) is 92.8 cm³/mol. The molecule has 128 valence electrons. The smallest absolute Gasteiger partial charge is 0.256 e. The Labute approximate surface area is 145 Å². The summed E-state index contributed by atoms with van der Waals surface area (Å²) >= 11 is 0. The molecule has 1 aliphatic heterocycles. The Morgan fingerprint density at radius 1 is 1.24 bits per heavy atom. The molecule has 0 bridgehead atoms. The molecule has 0 radical (unpaired) electrons. The van der Waals surface area contributed by atoms with Gasteiger partial charge in [0.2, 0.25) is 0 Å². The van der Waals surface area contributed by atoms with Gasteiger partial charge in [0.15, 0.2) is 0 Å². The minimum atomic E-state index is -0.324. The van der Waals surface area contributed by atoms with Crippen molar-refractivity contribution in [2.45, 2.75) is 18.8 Å². The highest BCUT2D eigenvalue weighted by Gasteiger charge is 2.27. The molecule has 5 nitrogen and oxygen atoms in total. The second-order valence-corrected chi connectivity index (χ2v) is 6.52. The molecule has 0 atom stereocenters. The molecule has 1 amide bonds. The molecule has 1 fully saturated rings. The zero-order valence-corrected chi connectivity index (χ0v) is 14.0. The molecule has 0 spiro atoms. The third kappa shape index (κ3) is 2.88. The second kappa shape index (κ2) is 6.27. The lowest BCUT2D eigenvalue weighted by Crippen LogP contribution is -2.38. The summed E-state index contributed by atoms with van der Waals surface area (Å²) in [5.74, 6) is 0.00423. The molecular formula is C19H19FN4O. The highest BCUT2D eigenvalue weighted by molar-refractivity contribution is 6.07. The lowest BCUT2D eigenvalue weighted by Gasteiger charge is -2.31. The van der Waals surface area contributed by atoms with Crippen molar-refractivity contribution in [3.8, 4) is 0 Å². The van der Waals surface area contributed by atoms with Crippen LogP contribution in [0.5, 0.6) is 0 Å². The minimum absolute atomic E-state index is 0.0302. The molecule has 3 heterocycles. The number of benzene rings is 1. The number of nitrogens with zero attached hydrogens (tertiary/aromatic N) is 4. The molecule has 1 aromatic carbocycles. The van der Waals surface area contributed by atoms with E-state index in [1.54, 1.807) is 24.8 Å². The fourth-order valence-electron chi connectivity index (χ4n) is 3.63. The largest absolute Gasteiger partial charge is 0.350 e. The van der Waals surface area contributed by atoms with Crippen LogP contribution >= 0.6 is 0 Å². The predicted octanol–water partition coefficient (Wildman–Crippen LogP) is 3.13. The molecule has 3 aromatic rings. The van der Waals surface area contributed by atoms with Gasteiger partial charge in [-0.15, -0.1) is 0 Å². The number of halogens is 1. The van der Waals surface area contributed by atoms with E-state index in [1.165, 1.54) is 12.1 Å². The van der Waals surface area contributed by atoms with Crippen molar-refractivity contribution in [1.82, 2.24) is 19.4 Å². The molecule has 1 aliphatic rings. The Kier molecular flexibility index (Phi) is 3.95. The topological polar surface area (TPSA) is 51.0 Å². The van der Waals surface area contributed by atoms with Gasteiger partial charge in [0.25, 0.3) is 5.91 Å². The van der Waals surface area contributed by atoms with E-state index >= 15 is 0 Å². The Morgan fingerprint density at radius 2 is 2.04 bits per heavy atom. The highest BCUT2D eigenvalue weighted by atomic mass is 19.1. The third-order valence-electron chi connectivity index (χ3n) is 4.99. The summed E-state index contributed by atoms with van der Waals surface area (Å²) in [5.41, 5.74) is 2.47. The molecule has 6 heteroatoms. The number of aryl methyl sites for hydroxylation is 1. The van der Waals surface area contributed by atoms with Gasteiger partial charge in [0.1, 0.15) is 12.1 Å². The number of carbonyl (C=O) groups is 1. The van der Waals surface area contributed by atoms with Crippen molar-refractivity contribution in [2.24, 2.45) is 7.05 Å². The average Bonchev–Trinajstić information content (AvgIpc) is 2.98. The van der Waals surface area contributed by atoms with Crippen LogP contribution in [0.25, 0.3) is 10.9 Å². The van der Waals surface area contributed by atoms with Crippen molar-refractivity contribution in [1.29, 1.82) is 0 Å². The van der Waals surface area contributed by atoms with Gasteiger partial charge in [-0.25, -0.2) is 14.4 Å². The zero-order valence-electron chi connectivity index (χ0n) is 14.0. The van der Waals surface area contributed by atoms with Crippen LogP contribution in [0.3, 0.4) is 0 Å². The van der Waals surface area contributed by atoms with E-state index in [-0.39, 0.29) is 11.7 Å². The van der Waals surface area contributed by atoms with Crippen LogP contribution in [0, 0.1) is 5.82 Å². The summed E-state index contributed by atoms with van der Waals surface area (Å²) in [4.78, 5) is 23.1. The number of rotatable bonds is 2. The van der Waals surface area contributed by atoms with Crippen LogP contribution in [-0.2, 0) is 7.05 Å². The van der Waals surface area contributed by atoms with Crippen molar-refractivity contribution < 1.29 is 9.18 Å². The first-order valence-electron chi connectivity index (χ1n) is 8.43. The van der Waals surface area contributed by atoms with E-state index in [0.29, 0.717) is 30.0 Å². The number of carbonyl (C=O) groups excluding carboxylic acids is 1. The van der Waals surface area contributed by atoms with E-state index < -0.39 is 0 Å². The Hall–Kier alpha value is -2.76. The molecule has 0 N–H and O–H groups in total. The summed E-state index contributed by atoms with van der Waals surface area (Å²) in [6, 6.07) is 6.51. The maximum Gasteiger partial charge on any atom is 0.256 e. The molecular weight excluding hydrogens is 319 g/mol. The first kappa shape index (κ1) is 15.7. The molecule has 4 rings (SSSR count). The van der Waals surface area contributed by atoms with Gasteiger partial charge in [-0.05, 0) is 37.1 Å². The number of hydrogen-bond acceptors (Lipinski definition) is 3. The quantitative estimate of drug-likeness (QED) is 0.721. The summed E-state index contributed by atoms with van der Waals surface area (Å²) in [6.45, 7) is 1.36. The van der Waals surface area contributed by atoms with E-state index in [4.69, 9.17) is 0 Å². The molecule has 0 unspecified atom stereocenters. The SMILES string of the molecule is Cn1cc(C(=O)N2CCC(c3ccncn3)CC2)c2cc(F)ccc21. The van der Waals surface area contributed by atoms with Gasteiger partial charge in [-0.3, -0.25) is 4.79 Å². The lowest BCUT2D eigenvalue weighted by atomic mass is 9.93. The zero-order chi connectivity index (χ0) is 17.4. The number of hydrogen-bond donors (Lipinski definition) is 0. The van der Waals surface area contributed by atoms with E-state index in [2.05, 4.69) is 9.97 Å². The highest BCUT2D eigenvalue weighted by Crippen LogP contribution is 2.29. The van der Waals surface area contributed by atoms with Gasteiger partial charge in [0, 0.05) is 55.0 Å². The maximum atomic E-state index is 13.6. The fourth-order valence-corrected chi connectivity index (χ4v) is 3.63. The molecule has 2 aromatic heterocycles. The molecule has 0 aliphatic carbocycles. The van der Waals surface area contributed by atoms with Crippen LogP contribution in [0.15, 0.2) is 43.0 Å². The number of aromatic nitrogens is 3. The van der Waals surface area contributed by atoms with Crippen molar-refractivity contribution >= 4 is 16.8 Å². The summed E-state index contributed by atoms with van der Waals surface area (Å²) in [6.07, 6.45) is 6.87. The maximum absolute atomic E-state index is 13.6. The lowest BCUT2D eigenvalue weighted by molar-refractivity contribution is 0.0714. The van der Waals surface area contributed by atoms with Crippen LogP contribution < -0.4 is 0 Å². The van der Waals surface area contributed by atoms with Crippen LogP contribution in [0.4, 0.5) is 4.39 Å². The normalized spacial score (nSPS) is 15.7. The van der Waals surface area contributed by atoms with Gasteiger partial charge in [-0.2, -0.15) is 0 Å². The Bertz CT molecular complexity index is 914. The van der Waals surface area contributed by atoms with Gasteiger partial charge >= 0.3 is 0 Å². The third-order valence-corrected chi connectivity index (χ3v) is 4.99. The fraction of sp³-hybridized carbons (Fsp3) is 0.316. The second-order valence-electron chi connectivity index (χ2n) is 6.52. The monoisotopic (exact) mass is 338 g/mol. The van der Waals surface area contributed by atoms with Crippen LogP contribution in [0.1, 0.15) is 34.8 Å². The van der Waals surface area contributed by atoms with Crippen LogP contribution in [0.2, 0.25) is 0 Å². The Morgan fingerprint density at radius 3 is 2.76 bits per heavy atom. The molecule has 1 saturated heterocycles. The first-order chi connectivity index (χ1) is 12.1. The standard InChI is InChI=1S/C19H19FN4O/c1-23-11-16(15-10-14(20)2-3-18(15)23)19(25)24-8-5-13(6-9-24)17-4-7-21-12-22-17/h2-4,7,10-13H,5-6,8-9H2,1H3. The first-order valence-corrected chi connectivity index (χ1v) is 8.43.